The van der Waals surface area contributed by atoms with Crippen molar-refractivity contribution >= 4 is 5.78 Å². The zero-order valence-electron chi connectivity index (χ0n) is 9.07. The third-order valence-electron chi connectivity index (χ3n) is 1.90. The molecule has 0 spiro atoms. The van der Waals surface area contributed by atoms with Gasteiger partial charge in [-0.1, -0.05) is 0 Å². The van der Waals surface area contributed by atoms with E-state index in [2.05, 4.69) is 0 Å². The molecule has 4 heteroatoms. The fourth-order valence-electron chi connectivity index (χ4n) is 1.08. The fourth-order valence-corrected chi connectivity index (χ4v) is 1.08. The molecule has 0 aromatic heterocycles. The van der Waals surface area contributed by atoms with E-state index in [4.69, 9.17) is 5.26 Å². The molecule has 0 aliphatic heterocycles. The van der Waals surface area contributed by atoms with E-state index in [1.807, 2.05) is 0 Å². The van der Waals surface area contributed by atoms with Gasteiger partial charge in [-0.3, -0.25) is 4.79 Å². The summed E-state index contributed by atoms with van der Waals surface area (Å²) in [6, 6.07) is 5.42. The topological polar surface area (TPSA) is 44.1 Å². The van der Waals surface area contributed by atoms with Crippen molar-refractivity contribution in [1.29, 1.82) is 5.26 Å². The molecule has 0 N–H and O–H groups in total. The minimum atomic E-state index is -0.615. The molecule has 1 aromatic carbocycles. The van der Waals surface area contributed by atoms with Crippen LogP contribution >= 0.6 is 0 Å². The van der Waals surface area contributed by atoms with Gasteiger partial charge >= 0.3 is 0 Å². The van der Waals surface area contributed by atoms with Crippen molar-refractivity contribution in [2.75, 3.05) is 14.1 Å². The lowest BCUT2D eigenvalue weighted by Gasteiger charge is -2.03. The van der Waals surface area contributed by atoms with Gasteiger partial charge in [0.1, 0.15) is 11.9 Å². The van der Waals surface area contributed by atoms with Gasteiger partial charge in [-0.25, -0.2) is 4.39 Å². The Morgan fingerprint density at radius 3 is 2.75 bits per heavy atom. The Kier molecular flexibility index (Phi) is 3.78. The molecule has 0 atom stereocenters. The molecule has 0 saturated carbocycles. The number of hydrogen-bond acceptors (Lipinski definition) is 3. The van der Waals surface area contributed by atoms with Crippen molar-refractivity contribution in [2.24, 2.45) is 0 Å². The zero-order chi connectivity index (χ0) is 12.1. The summed E-state index contributed by atoms with van der Waals surface area (Å²) in [6.45, 7) is 0. The number of carbonyl (C=O) groups is 1. The molecule has 16 heavy (non-hydrogen) atoms. The number of rotatable bonds is 3. The van der Waals surface area contributed by atoms with Gasteiger partial charge in [0.2, 0.25) is 0 Å². The van der Waals surface area contributed by atoms with Crippen LogP contribution in [0, 0.1) is 17.1 Å². The van der Waals surface area contributed by atoms with Gasteiger partial charge in [-0.2, -0.15) is 5.26 Å². The van der Waals surface area contributed by atoms with Crippen molar-refractivity contribution in [3.8, 4) is 6.07 Å². The van der Waals surface area contributed by atoms with E-state index >= 15 is 0 Å². The maximum atomic E-state index is 13.0. The highest BCUT2D eigenvalue weighted by Crippen LogP contribution is 2.10. The summed E-state index contributed by atoms with van der Waals surface area (Å²) in [5.74, 6) is -0.874. The second kappa shape index (κ2) is 5.08. The average molecular weight is 218 g/mol. The van der Waals surface area contributed by atoms with Gasteiger partial charge in [-0.05, 0) is 18.2 Å². The van der Waals surface area contributed by atoms with Crippen LogP contribution in [0.2, 0.25) is 0 Å². The number of benzene rings is 1. The lowest BCUT2D eigenvalue weighted by Crippen LogP contribution is -2.03. The van der Waals surface area contributed by atoms with Crippen LogP contribution in [0.1, 0.15) is 15.9 Å². The molecule has 0 aliphatic rings. The summed E-state index contributed by atoms with van der Waals surface area (Å²) in [5, 5.41) is 8.62. The second-order valence-corrected chi connectivity index (χ2v) is 3.45. The molecular weight excluding hydrogens is 207 g/mol. The zero-order valence-corrected chi connectivity index (χ0v) is 9.07. The van der Waals surface area contributed by atoms with Gasteiger partial charge in [0, 0.05) is 31.9 Å². The van der Waals surface area contributed by atoms with E-state index in [0.717, 1.165) is 6.07 Å². The van der Waals surface area contributed by atoms with E-state index in [1.54, 1.807) is 31.3 Å². The summed E-state index contributed by atoms with van der Waals surface area (Å²) in [6.07, 6.45) is 2.96. The number of nitriles is 1. The number of nitrogens with zero attached hydrogens (tertiary/aromatic N) is 2. The Hall–Kier alpha value is -2.15. The molecular formula is C12H11FN2O. The van der Waals surface area contributed by atoms with Gasteiger partial charge < -0.3 is 4.90 Å². The van der Waals surface area contributed by atoms with Crippen molar-refractivity contribution in [3.63, 3.8) is 0 Å². The highest BCUT2D eigenvalue weighted by Gasteiger charge is 2.06. The van der Waals surface area contributed by atoms with Crippen LogP contribution in [-0.4, -0.2) is 24.8 Å². The van der Waals surface area contributed by atoms with Gasteiger partial charge in [0.15, 0.2) is 5.78 Å². The molecule has 82 valence electrons. The van der Waals surface area contributed by atoms with Crippen LogP contribution in [0.15, 0.2) is 30.5 Å². The molecule has 0 fully saturated rings. The Bertz CT molecular complexity index is 472. The van der Waals surface area contributed by atoms with Gasteiger partial charge in [0.05, 0.1) is 5.56 Å². The summed E-state index contributed by atoms with van der Waals surface area (Å²) in [5.41, 5.74) is 0.181. The molecule has 0 radical (unpaired) electrons. The SMILES string of the molecule is CN(C)/C=C/C(=O)c1ccc(F)c(C#N)c1. The largest absolute Gasteiger partial charge is 0.383 e. The standard InChI is InChI=1S/C12H11FN2O/c1-15(2)6-5-12(16)9-3-4-11(13)10(7-9)8-14/h3-7H,1-2H3/b6-5+. The molecule has 3 nitrogen and oxygen atoms in total. The molecule has 0 heterocycles. The van der Waals surface area contributed by atoms with Crippen molar-refractivity contribution < 1.29 is 9.18 Å². The molecule has 0 bridgehead atoms. The Morgan fingerprint density at radius 1 is 1.50 bits per heavy atom. The number of ketones is 1. The molecule has 0 aliphatic carbocycles. The normalized spacial score (nSPS) is 10.1. The Morgan fingerprint density at radius 2 is 2.19 bits per heavy atom. The first-order chi connectivity index (χ1) is 7.54. The summed E-state index contributed by atoms with van der Waals surface area (Å²) < 4.78 is 13.0. The maximum Gasteiger partial charge on any atom is 0.187 e. The predicted octanol–water partition coefficient (Wildman–Crippen LogP) is 1.96. The molecule has 1 rings (SSSR count). The molecule has 0 saturated heterocycles. The molecule has 0 unspecified atom stereocenters. The first kappa shape index (κ1) is 11.9. The van der Waals surface area contributed by atoms with Crippen LogP contribution in [0.25, 0.3) is 0 Å². The van der Waals surface area contributed by atoms with Gasteiger partial charge in [-0.15, -0.1) is 0 Å². The lowest BCUT2D eigenvalue weighted by molar-refractivity contribution is 0.104. The first-order valence-electron chi connectivity index (χ1n) is 4.63. The van der Waals surface area contributed by atoms with Crippen molar-refractivity contribution in [1.82, 2.24) is 4.90 Å². The number of hydrogen-bond donors (Lipinski definition) is 0. The maximum absolute atomic E-state index is 13.0. The van der Waals surface area contributed by atoms with Crippen LogP contribution in [0.5, 0.6) is 0 Å². The first-order valence-corrected chi connectivity index (χ1v) is 4.63. The van der Waals surface area contributed by atoms with E-state index in [1.165, 1.54) is 18.2 Å². The number of halogens is 1. The number of carbonyl (C=O) groups excluding carboxylic acids is 1. The average Bonchev–Trinajstić information content (AvgIpc) is 2.26. The van der Waals surface area contributed by atoms with Crippen molar-refractivity contribution in [2.45, 2.75) is 0 Å². The van der Waals surface area contributed by atoms with Gasteiger partial charge in [0.25, 0.3) is 0 Å². The third kappa shape index (κ3) is 2.92. The summed E-state index contributed by atoms with van der Waals surface area (Å²) >= 11 is 0. The minimum absolute atomic E-state index is 0.121. The highest BCUT2D eigenvalue weighted by molar-refractivity contribution is 6.04. The fraction of sp³-hybridized carbons (Fsp3) is 0.167. The van der Waals surface area contributed by atoms with Crippen LogP contribution in [0.4, 0.5) is 4.39 Å². The molecule has 0 amide bonds. The molecule has 1 aromatic rings. The minimum Gasteiger partial charge on any atom is -0.383 e. The van der Waals surface area contributed by atoms with Crippen LogP contribution in [0.3, 0.4) is 0 Å². The van der Waals surface area contributed by atoms with E-state index in [9.17, 15) is 9.18 Å². The summed E-state index contributed by atoms with van der Waals surface area (Å²) in [7, 11) is 3.57. The van der Waals surface area contributed by atoms with E-state index in [0.29, 0.717) is 5.56 Å². The Labute approximate surface area is 93.4 Å². The van der Waals surface area contributed by atoms with Crippen LogP contribution in [-0.2, 0) is 0 Å². The number of allylic oxidation sites excluding steroid dienone is 1. The quantitative estimate of drug-likeness (QED) is 0.575. The van der Waals surface area contributed by atoms with Crippen LogP contribution < -0.4 is 0 Å². The smallest absolute Gasteiger partial charge is 0.187 e. The van der Waals surface area contributed by atoms with Crippen molar-refractivity contribution in [3.05, 3.63) is 47.4 Å². The predicted molar refractivity (Wildman–Crippen MR) is 58.3 cm³/mol. The second-order valence-electron chi connectivity index (χ2n) is 3.45. The summed E-state index contributed by atoms with van der Waals surface area (Å²) in [4.78, 5) is 13.3. The Balaban J connectivity index is 2.98. The third-order valence-corrected chi connectivity index (χ3v) is 1.90. The van der Waals surface area contributed by atoms with E-state index < -0.39 is 5.82 Å². The lowest BCUT2D eigenvalue weighted by atomic mass is 10.1. The highest BCUT2D eigenvalue weighted by atomic mass is 19.1. The van der Waals surface area contributed by atoms with E-state index in [-0.39, 0.29) is 11.3 Å². The monoisotopic (exact) mass is 218 g/mol.